The van der Waals surface area contributed by atoms with Crippen LogP contribution in [0.1, 0.15) is 5.69 Å². The van der Waals surface area contributed by atoms with Crippen LogP contribution in [0, 0.1) is 0 Å². The Morgan fingerprint density at radius 3 is 2.64 bits per heavy atom. The van der Waals surface area contributed by atoms with Gasteiger partial charge in [-0.2, -0.15) is 0 Å². The lowest BCUT2D eigenvalue weighted by Crippen LogP contribution is -2.32. The van der Waals surface area contributed by atoms with Crippen LogP contribution in [0.2, 0.25) is 0 Å². The number of nitrogens with zero attached hydrogens (tertiary/aromatic N) is 3. The Labute approximate surface area is 93.3 Å². The Kier molecular flexibility index (Phi) is 7.34. The lowest BCUT2D eigenvalue weighted by molar-refractivity contribution is -0.138. The van der Waals surface area contributed by atoms with Crippen LogP contribution in [0.4, 0.5) is 0 Å². The molecule has 0 fully saturated rings. The number of hydrogen-bond acceptors (Lipinski definition) is 4. The van der Waals surface area contributed by atoms with Crippen LogP contribution in [0.15, 0.2) is 6.20 Å². The van der Waals surface area contributed by atoms with Gasteiger partial charge in [-0.1, -0.05) is 5.21 Å². The van der Waals surface area contributed by atoms with Gasteiger partial charge in [0.25, 0.3) is 0 Å². The molecule has 1 unspecified atom stereocenters. The molecule has 0 radical (unpaired) electrons. The fourth-order valence-electron chi connectivity index (χ4n) is 0.801. The minimum Gasteiger partial charge on any atom is -0.480 e. The second-order valence-electron chi connectivity index (χ2n) is 2.53. The highest BCUT2D eigenvalue weighted by Gasteiger charge is 2.13. The van der Waals surface area contributed by atoms with Crippen LogP contribution in [0.5, 0.6) is 0 Å². The fourth-order valence-corrected chi connectivity index (χ4v) is 0.801. The molecule has 0 spiro atoms. The van der Waals surface area contributed by atoms with Crippen molar-refractivity contribution in [3.63, 3.8) is 0 Å². The number of carboxylic acids is 1. The number of aryl methyl sites for hydroxylation is 1. The smallest absolute Gasteiger partial charge is 0.320 e. The first-order valence-corrected chi connectivity index (χ1v) is 3.43. The maximum absolute atomic E-state index is 10.3. The van der Waals surface area contributed by atoms with Crippen molar-refractivity contribution >= 4 is 30.8 Å². The summed E-state index contributed by atoms with van der Waals surface area (Å²) >= 11 is 0. The lowest BCUT2D eigenvalue weighted by atomic mass is 10.2. The van der Waals surface area contributed by atoms with Gasteiger partial charge in [0.2, 0.25) is 0 Å². The van der Waals surface area contributed by atoms with Crippen molar-refractivity contribution in [1.82, 2.24) is 15.0 Å². The summed E-state index contributed by atoms with van der Waals surface area (Å²) in [5.74, 6) is -1.03. The summed E-state index contributed by atoms with van der Waals surface area (Å²) in [7, 11) is 1.71. The molecule has 1 aromatic heterocycles. The maximum Gasteiger partial charge on any atom is 0.320 e. The molecule has 0 aliphatic heterocycles. The van der Waals surface area contributed by atoms with Gasteiger partial charge >= 0.3 is 5.97 Å². The highest BCUT2D eigenvalue weighted by atomic mass is 35.5. The number of aromatic nitrogens is 3. The molecule has 1 aromatic rings. The Balaban J connectivity index is 0. The predicted molar refractivity (Wildman–Crippen MR) is 54.8 cm³/mol. The summed E-state index contributed by atoms with van der Waals surface area (Å²) < 4.78 is 1.50. The van der Waals surface area contributed by atoms with Crippen LogP contribution in [-0.2, 0) is 18.3 Å². The minimum absolute atomic E-state index is 0. The minimum atomic E-state index is -1.03. The Morgan fingerprint density at radius 2 is 2.29 bits per heavy atom. The molecule has 82 valence electrons. The van der Waals surface area contributed by atoms with Gasteiger partial charge in [0.15, 0.2) is 0 Å². The molecular weight excluding hydrogens is 231 g/mol. The van der Waals surface area contributed by atoms with Crippen LogP contribution in [0.3, 0.4) is 0 Å². The van der Waals surface area contributed by atoms with E-state index in [4.69, 9.17) is 10.8 Å². The monoisotopic (exact) mass is 242 g/mol. The first-order valence-electron chi connectivity index (χ1n) is 3.43. The Bertz CT molecular complexity index is 291. The van der Waals surface area contributed by atoms with Crippen LogP contribution >= 0.6 is 24.8 Å². The molecule has 0 aromatic carbocycles. The van der Waals surface area contributed by atoms with Gasteiger partial charge in [-0.15, -0.1) is 29.9 Å². The molecular formula is C6H12Cl2N4O2. The van der Waals surface area contributed by atoms with E-state index in [0.717, 1.165) is 0 Å². The van der Waals surface area contributed by atoms with Gasteiger partial charge < -0.3 is 10.8 Å². The third kappa shape index (κ3) is 4.40. The number of carboxylic acid groups (broad SMARTS) is 1. The van der Waals surface area contributed by atoms with Gasteiger partial charge in [-0.25, -0.2) is 0 Å². The Hall–Kier alpha value is -0.850. The third-order valence-electron chi connectivity index (χ3n) is 1.40. The van der Waals surface area contributed by atoms with E-state index in [1.807, 2.05) is 0 Å². The van der Waals surface area contributed by atoms with E-state index in [1.165, 1.54) is 4.68 Å². The maximum atomic E-state index is 10.3. The van der Waals surface area contributed by atoms with Crippen molar-refractivity contribution in [3.8, 4) is 0 Å². The summed E-state index contributed by atoms with van der Waals surface area (Å²) in [5, 5.41) is 15.8. The molecule has 1 rings (SSSR count). The Morgan fingerprint density at radius 1 is 1.71 bits per heavy atom. The molecule has 0 aliphatic carbocycles. The van der Waals surface area contributed by atoms with Crippen LogP contribution < -0.4 is 5.73 Å². The van der Waals surface area contributed by atoms with Crippen molar-refractivity contribution in [2.75, 3.05) is 0 Å². The first kappa shape index (κ1) is 15.6. The van der Waals surface area contributed by atoms with E-state index in [0.29, 0.717) is 5.69 Å². The van der Waals surface area contributed by atoms with Crippen LogP contribution in [-0.4, -0.2) is 32.1 Å². The summed E-state index contributed by atoms with van der Waals surface area (Å²) in [6.07, 6.45) is 1.85. The zero-order valence-corrected chi connectivity index (χ0v) is 9.09. The molecule has 0 saturated carbocycles. The van der Waals surface area contributed by atoms with Gasteiger partial charge in [0, 0.05) is 19.7 Å². The molecule has 0 saturated heterocycles. The van der Waals surface area contributed by atoms with Crippen molar-refractivity contribution in [2.45, 2.75) is 12.5 Å². The predicted octanol–water partition coefficient (Wildman–Crippen LogP) is -0.387. The number of carbonyl (C=O) groups is 1. The van der Waals surface area contributed by atoms with E-state index in [9.17, 15) is 4.79 Å². The van der Waals surface area contributed by atoms with E-state index >= 15 is 0 Å². The number of halogens is 2. The molecule has 6 nitrogen and oxygen atoms in total. The van der Waals surface area contributed by atoms with Gasteiger partial charge in [0.05, 0.1) is 5.69 Å². The fraction of sp³-hybridized carbons (Fsp3) is 0.500. The molecule has 0 aliphatic rings. The van der Waals surface area contributed by atoms with Gasteiger partial charge in [-0.05, 0) is 0 Å². The molecule has 14 heavy (non-hydrogen) atoms. The lowest BCUT2D eigenvalue weighted by Gasteiger charge is -2.00. The number of rotatable bonds is 3. The largest absolute Gasteiger partial charge is 0.480 e. The summed E-state index contributed by atoms with van der Waals surface area (Å²) in [5.41, 5.74) is 5.87. The number of nitrogens with two attached hydrogens (primary N) is 1. The summed E-state index contributed by atoms with van der Waals surface area (Å²) in [4.78, 5) is 10.3. The topological polar surface area (TPSA) is 94.0 Å². The third-order valence-corrected chi connectivity index (χ3v) is 1.40. The van der Waals surface area contributed by atoms with Crippen molar-refractivity contribution in [1.29, 1.82) is 0 Å². The molecule has 0 amide bonds. The van der Waals surface area contributed by atoms with E-state index in [1.54, 1.807) is 13.2 Å². The molecule has 3 N–H and O–H groups in total. The van der Waals surface area contributed by atoms with E-state index in [2.05, 4.69) is 10.3 Å². The van der Waals surface area contributed by atoms with E-state index in [-0.39, 0.29) is 31.2 Å². The zero-order valence-electron chi connectivity index (χ0n) is 7.45. The highest BCUT2D eigenvalue weighted by molar-refractivity contribution is 5.85. The standard InChI is InChI=1S/C6H10N4O2.2ClH/c1-10-3-4(8-9-10)2-5(7)6(11)12;;/h3,5H,2,7H2,1H3,(H,11,12);2*1H. The van der Waals surface area contributed by atoms with Crippen LogP contribution in [0.25, 0.3) is 0 Å². The van der Waals surface area contributed by atoms with Crippen molar-refractivity contribution < 1.29 is 9.90 Å². The quantitative estimate of drug-likeness (QED) is 0.754. The number of aliphatic carboxylic acids is 1. The average molecular weight is 243 g/mol. The molecule has 1 heterocycles. The molecule has 0 bridgehead atoms. The normalized spacial score (nSPS) is 11.0. The first-order chi connectivity index (χ1) is 5.59. The van der Waals surface area contributed by atoms with Gasteiger partial charge in [-0.3, -0.25) is 9.48 Å². The second kappa shape index (κ2) is 6.58. The highest BCUT2D eigenvalue weighted by Crippen LogP contribution is 1.95. The summed E-state index contributed by atoms with van der Waals surface area (Å²) in [6.45, 7) is 0. The molecule has 1 atom stereocenters. The van der Waals surface area contributed by atoms with Crippen molar-refractivity contribution in [2.24, 2.45) is 12.8 Å². The van der Waals surface area contributed by atoms with Gasteiger partial charge in [0.1, 0.15) is 6.04 Å². The summed E-state index contributed by atoms with van der Waals surface area (Å²) in [6, 6.07) is -0.901. The van der Waals surface area contributed by atoms with Crippen molar-refractivity contribution in [3.05, 3.63) is 11.9 Å². The SMILES string of the molecule is Cl.Cl.Cn1cc(CC(N)C(=O)O)nn1. The average Bonchev–Trinajstić information content (AvgIpc) is 2.35. The zero-order chi connectivity index (χ0) is 9.14. The second-order valence-corrected chi connectivity index (χ2v) is 2.53. The number of hydrogen-bond donors (Lipinski definition) is 2. The molecule has 8 heteroatoms. The van der Waals surface area contributed by atoms with E-state index < -0.39 is 12.0 Å².